The summed E-state index contributed by atoms with van der Waals surface area (Å²) in [7, 11) is 1.91. The minimum absolute atomic E-state index is 0.0947. The zero-order valence-electron chi connectivity index (χ0n) is 11.1. The van der Waals surface area contributed by atoms with Gasteiger partial charge in [0.1, 0.15) is 0 Å². The van der Waals surface area contributed by atoms with Gasteiger partial charge in [-0.05, 0) is 38.6 Å². The van der Waals surface area contributed by atoms with Crippen LogP contribution in [0.2, 0.25) is 0 Å². The molecule has 2 unspecified atom stereocenters. The minimum Gasteiger partial charge on any atom is -0.317 e. The Morgan fingerprint density at radius 1 is 1.06 bits per heavy atom. The molecule has 1 N–H and O–H groups in total. The lowest BCUT2D eigenvalue weighted by molar-refractivity contribution is -0.185. The SMILES string of the molecule is CNC(C)CC1CCC(CC(F)C(F)(F)F)CC1. The van der Waals surface area contributed by atoms with Crippen LogP contribution in [0.4, 0.5) is 17.6 Å². The first-order valence-electron chi connectivity index (χ1n) is 6.71. The summed E-state index contributed by atoms with van der Waals surface area (Å²) < 4.78 is 49.3. The molecule has 0 aromatic carbocycles. The van der Waals surface area contributed by atoms with Crippen LogP contribution in [0.3, 0.4) is 0 Å². The van der Waals surface area contributed by atoms with E-state index in [2.05, 4.69) is 12.2 Å². The number of alkyl halides is 4. The van der Waals surface area contributed by atoms with Crippen LogP contribution in [0.15, 0.2) is 0 Å². The van der Waals surface area contributed by atoms with Gasteiger partial charge in [-0.1, -0.05) is 25.7 Å². The Balaban J connectivity index is 2.27. The van der Waals surface area contributed by atoms with E-state index < -0.39 is 12.3 Å². The molecular weight excluding hydrogens is 246 g/mol. The van der Waals surface area contributed by atoms with Gasteiger partial charge in [-0.2, -0.15) is 13.2 Å². The number of nitrogens with one attached hydrogen (secondary N) is 1. The van der Waals surface area contributed by atoms with Crippen molar-refractivity contribution < 1.29 is 17.6 Å². The van der Waals surface area contributed by atoms with E-state index in [0.717, 1.165) is 32.1 Å². The van der Waals surface area contributed by atoms with Gasteiger partial charge in [-0.3, -0.25) is 0 Å². The van der Waals surface area contributed by atoms with Crippen molar-refractivity contribution in [2.45, 2.75) is 63.8 Å². The van der Waals surface area contributed by atoms with Gasteiger partial charge >= 0.3 is 6.18 Å². The van der Waals surface area contributed by atoms with Crippen molar-refractivity contribution in [2.24, 2.45) is 11.8 Å². The number of rotatable bonds is 5. The highest BCUT2D eigenvalue weighted by Gasteiger charge is 2.41. The highest BCUT2D eigenvalue weighted by Crippen LogP contribution is 2.37. The summed E-state index contributed by atoms with van der Waals surface area (Å²) in [5, 5.41) is 3.17. The largest absolute Gasteiger partial charge is 0.419 e. The molecule has 0 aromatic heterocycles. The van der Waals surface area contributed by atoms with Crippen molar-refractivity contribution in [2.75, 3.05) is 7.05 Å². The zero-order valence-corrected chi connectivity index (χ0v) is 11.1. The zero-order chi connectivity index (χ0) is 13.8. The standard InChI is InChI=1S/C13H23F4N/c1-9(18-2)7-10-3-5-11(6-4-10)8-12(14)13(15,16)17/h9-12,18H,3-8H2,1-2H3. The molecule has 1 aliphatic rings. The molecule has 0 aliphatic heterocycles. The molecule has 18 heavy (non-hydrogen) atoms. The molecule has 0 bridgehead atoms. The lowest BCUT2D eigenvalue weighted by atomic mass is 9.77. The van der Waals surface area contributed by atoms with Crippen molar-refractivity contribution >= 4 is 0 Å². The Kier molecular flexibility index (Phi) is 5.89. The molecule has 0 heterocycles. The van der Waals surface area contributed by atoms with E-state index in [-0.39, 0.29) is 12.3 Å². The van der Waals surface area contributed by atoms with Crippen LogP contribution in [0.1, 0.15) is 45.4 Å². The van der Waals surface area contributed by atoms with E-state index >= 15 is 0 Å². The predicted molar refractivity (Wildman–Crippen MR) is 64.2 cm³/mol. The second-order valence-corrected chi connectivity index (χ2v) is 5.56. The normalized spacial score (nSPS) is 29.0. The minimum atomic E-state index is -4.68. The van der Waals surface area contributed by atoms with Crippen molar-refractivity contribution in [3.63, 3.8) is 0 Å². The average Bonchev–Trinajstić information content (AvgIpc) is 2.30. The summed E-state index contributed by atoms with van der Waals surface area (Å²) in [6.07, 6.45) is -3.29. The van der Waals surface area contributed by atoms with Crippen LogP contribution in [0, 0.1) is 11.8 Å². The molecule has 1 aliphatic carbocycles. The molecule has 1 saturated carbocycles. The second-order valence-electron chi connectivity index (χ2n) is 5.56. The number of hydrogen-bond acceptors (Lipinski definition) is 1. The van der Waals surface area contributed by atoms with Gasteiger partial charge in [0.2, 0.25) is 0 Å². The van der Waals surface area contributed by atoms with Gasteiger partial charge in [0, 0.05) is 6.04 Å². The Labute approximate surface area is 106 Å². The molecule has 0 aromatic rings. The van der Waals surface area contributed by atoms with Crippen LogP contribution in [0.5, 0.6) is 0 Å². The first kappa shape index (κ1) is 15.7. The average molecular weight is 269 g/mol. The van der Waals surface area contributed by atoms with Crippen molar-refractivity contribution in [3.05, 3.63) is 0 Å². The van der Waals surface area contributed by atoms with Gasteiger partial charge < -0.3 is 5.32 Å². The fraction of sp³-hybridized carbons (Fsp3) is 1.00. The molecular formula is C13H23F4N. The van der Waals surface area contributed by atoms with Gasteiger partial charge in [-0.15, -0.1) is 0 Å². The van der Waals surface area contributed by atoms with Crippen molar-refractivity contribution in [3.8, 4) is 0 Å². The van der Waals surface area contributed by atoms with Crippen LogP contribution in [-0.4, -0.2) is 25.4 Å². The van der Waals surface area contributed by atoms with E-state index in [1.54, 1.807) is 0 Å². The maximum Gasteiger partial charge on any atom is 0.419 e. The smallest absolute Gasteiger partial charge is 0.317 e. The predicted octanol–water partition coefficient (Wildman–Crippen LogP) is 4.08. The summed E-state index contributed by atoms with van der Waals surface area (Å²) in [5.41, 5.74) is 0. The third kappa shape index (κ3) is 5.12. The molecule has 1 nitrogen and oxygen atoms in total. The lowest BCUT2D eigenvalue weighted by Crippen LogP contribution is -2.30. The Hall–Kier alpha value is -0.320. The van der Waals surface area contributed by atoms with E-state index in [1.165, 1.54) is 0 Å². The summed E-state index contributed by atoms with van der Waals surface area (Å²) in [5.74, 6) is 0.482. The second kappa shape index (κ2) is 6.73. The third-order valence-electron chi connectivity index (χ3n) is 4.04. The summed E-state index contributed by atoms with van der Waals surface area (Å²) in [6, 6.07) is 0.440. The third-order valence-corrected chi connectivity index (χ3v) is 4.04. The van der Waals surface area contributed by atoms with E-state index in [1.807, 2.05) is 7.05 Å². The molecule has 0 amide bonds. The molecule has 0 radical (unpaired) electrons. The monoisotopic (exact) mass is 269 g/mol. The Morgan fingerprint density at radius 3 is 1.89 bits per heavy atom. The fourth-order valence-electron chi connectivity index (χ4n) is 2.75. The summed E-state index contributed by atoms with van der Waals surface area (Å²) in [6.45, 7) is 2.10. The summed E-state index contributed by atoms with van der Waals surface area (Å²) >= 11 is 0. The maximum absolute atomic E-state index is 12.9. The van der Waals surface area contributed by atoms with Gasteiger partial charge in [0.05, 0.1) is 0 Å². The van der Waals surface area contributed by atoms with Crippen molar-refractivity contribution in [1.29, 1.82) is 0 Å². The summed E-state index contributed by atoms with van der Waals surface area (Å²) in [4.78, 5) is 0. The van der Waals surface area contributed by atoms with E-state index in [4.69, 9.17) is 0 Å². The Bertz CT molecular complexity index is 234. The fourth-order valence-corrected chi connectivity index (χ4v) is 2.75. The molecule has 108 valence electrons. The topological polar surface area (TPSA) is 12.0 Å². The molecule has 0 saturated heterocycles. The van der Waals surface area contributed by atoms with Gasteiger partial charge in [0.25, 0.3) is 0 Å². The molecule has 1 rings (SSSR count). The first-order valence-corrected chi connectivity index (χ1v) is 6.71. The maximum atomic E-state index is 12.9. The van der Waals surface area contributed by atoms with Crippen LogP contribution < -0.4 is 5.32 Å². The van der Waals surface area contributed by atoms with E-state index in [0.29, 0.717) is 12.0 Å². The molecule has 2 atom stereocenters. The number of halogens is 4. The lowest BCUT2D eigenvalue weighted by Gasteiger charge is -2.31. The highest BCUT2D eigenvalue weighted by atomic mass is 19.4. The first-order chi connectivity index (χ1) is 8.32. The van der Waals surface area contributed by atoms with Crippen molar-refractivity contribution in [1.82, 2.24) is 5.32 Å². The van der Waals surface area contributed by atoms with Crippen LogP contribution in [0.25, 0.3) is 0 Å². The van der Waals surface area contributed by atoms with Crippen LogP contribution >= 0.6 is 0 Å². The quantitative estimate of drug-likeness (QED) is 0.741. The van der Waals surface area contributed by atoms with Gasteiger partial charge in [-0.25, -0.2) is 4.39 Å². The van der Waals surface area contributed by atoms with Gasteiger partial charge in [0.15, 0.2) is 6.17 Å². The van der Waals surface area contributed by atoms with E-state index in [9.17, 15) is 17.6 Å². The highest BCUT2D eigenvalue weighted by molar-refractivity contribution is 4.79. The van der Waals surface area contributed by atoms with Crippen LogP contribution in [-0.2, 0) is 0 Å². The Morgan fingerprint density at radius 2 is 1.50 bits per heavy atom. The molecule has 1 fully saturated rings. The molecule has 0 spiro atoms. The number of hydrogen-bond donors (Lipinski definition) is 1. The molecule has 5 heteroatoms.